The van der Waals surface area contributed by atoms with Gasteiger partial charge in [-0.05, 0) is 73.4 Å². The molecular weight excluding hydrogens is 534 g/mol. The second kappa shape index (κ2) is 16.8. The van der Waals surface area contributed by atoms with Crippen LogP contribution in [0, 0.1) is 6.92 Å². The van der Waals surface area contributed by atoms with Crippen molar-refractivity contribution in [1.29, 1.82) is 0 Å². The van der Waals surface area contributed by atoms with Crippen molar-refractivity contribution < 1.29 is 19.1 Å². The summed E-state index contributed by atoms with van der Waals surface area (Å²) in [4.78, 5) is 29.6. The summed E-state index contributed by atoms with van der Waals surface area (Å²) in [5, 5.41) is 3.39. The van der Waals surface area contributed by atoms with E-state index in [2.05, 4.69) is 19.2 Å². The third-order valence-corrected chi connectivity index (χ3v) is 7.72. The number of rotatable bonds is 16. The molecule has 0 fully saturated rings. The maximum atomic E-state index is 13.4. The molecule has 0 spiro atoms. The Morgan fingerprint density at radius 2 is 1.66 bits per heavy atom. The normalized spacial score (nSPS) is 12.4. The molecular formula is C33H43N3O4S. The first-order valence-electron chi connectivity index (χ1n) is 14.2. The highest BCUT2D eigenvalue weighted by atomic mass is 32.2. The van der Waals surface area contributed by atoms with E-state index in [1.165, 1.54) is 0 Å². The van der Waals surface area contributed by atoms with Gasteiger partial charge in [-0.2, -0.15) is 0 Å². The maximum Gasteiger partial charge on any atom is 0.338 e. The van der Waals surface area contributed by atoms with Gasteiger partial charge in [0.15, 0.2) is 0 Å². The van der Waals surface area contributed by atoms with Crippen molar-refractivity contribution in [3.05, 3.63) is 95.1 Å². The van der Waals surface area contributed by atoms with Crippen LogP contribution < -0.4 is 15.8 Å². The van der Waals surface area contributed by atoms with Crippen molar-refractivity contribution in [3.8, 4) is 5.75 Å². The van der Waals surface area contributed by atoms with Gasteiger partial charge in [-0.15, -0.1) is 11.8 Å². The maximum absolute atomic E-state index is 13.4. The number of hydrogen-bond donors (Lipinski definition) is 2. The summed E-state index contributed by atoms with van der Waals surface area (Å²) in [6.45, 7) is 8.28. The number of carbonyl (C=O) groups is 2. The molecule has 3 aromatic carbocycles. The molecule has 3 rings (SSSR count). The van der Waals surface area contributed by atoms with Crippen molar-refractivity contribution in [3.63, 3.8) is 0 Å². The average molecular weight is 578 g/mol. The first-order valence-corrected chi connectivity index (χ1v) is 15.2. The van der Waals surface area contributed by atoms with E-state index < -0.39 is 18.1 Å². The summed E-state index contributed by atoms with van der Waals surface area (Å²) in [5.74, 6) is 0.792. The molecule has 3 N–H and O–H groups in total. The number of nitrogens with two attached hydrogens (primary N) is 1. The lowest BCUT2D eigenvalue weighted by Gasteiger charge is -2.25. The molecule has 3 aromatic rings. The number of carbonyl (C=O) groups excluding carboxylic acids is 2. The molecule has 0 heterocycles. The fourth-order valence-electron chi connectivity index (χ4n) is 4.51. The summed E-state index contributed by atoms with van der Waals surface area (Å²) in [5.41, 5.74) is 9.33. The summed E-state index contributed by atoms with van der Waals surface area (Å²) in [6, 6.07) is 22.6. The van der Waals surface area contributed by atoms with Gasteiger partial charge in [0.2, 0.25) is 0 Å². The van der Waals surface area contributed by atoms with Crippen LogP contribution in [0.4, 0.5) is 0 Å². The van der Waals surface area contributed by atoms with E-state index >= 15 is 0 Å². The molecule has 1 amide bonds. The molecule has 0 aliphatic carbocycles. The van der Waals surface area contributed by atoms with Crippen LogP contribution in [0.25, 0.3) is 0 Å². The van der Waals surface area contributed by atoms with Crippen LogP contribution in [0.5, 0.6) is 5.75 Å². The quantitative estimate of drug-likeness (QED) is 0.167. The highest BCUT2D eigenvalue weighted by Gasteiger charge is 2.25. The third-order valence-electron chi connectivity index (χ3n) is 6.56. The van der Waals surface area contributed by atoms with Crippen molar-refractivity contribution in [2.75, 3.05) is 32.5 Å². The number of benzene rings is 3. The molecule has 0 unspecified atom stereocenters. The van der Waals surface area contributed by atoms with Gasteiger partial charge in [0.05, 0.1) is 18.7 Å². The Bertz CT molecular complexity index is 1250. The van der Waals surface area contributed by atoms with Crippen LogP contribution >= 0.6 is 11.8 Å². The van der Waals surface area contributed by atoms with Crippen molar-refractivity contribution in [1.82, 2.24) is 10.2 Å². The first kappa shape index (κ1) is 32.2. The molecule has 0 radical (unpaired) electrons. The Morgan fingerprint density at radius 3 is 2.34 bits per heavy atom. The van der Waals surface area contributed by atoms with E-state index in [1.807, 2.05) is 72.5 Å². The molecule has 41 heavy (non-hydrogen) atoms. The van der Waals surface area contributed by atoms with Crippen molar-refractivity contribution in [2.24, 2.45) is 5.73 Å². The molecule has 0 saturated carbocycles. The van der Waals surface area contributed by atoms with E-state index in [4.69, 9.17) is 15.2 Å². The lowest BCUT2D eigenvalue weighted by molar-refractivity contribution is 0.0256. The van der Waals surface area contributed by atoms with Gasteiger partial charge in [0.1, 0.15) is 11.9 Å². The van der Waals surface area contributed by atoms with Gasteiger partial charge in [0.25, 0.3) is 5.91 Å². The fourth-order valence-corrected chi connectivity index (χ4v) is 5.45. The highest BCUT2D eigenvalue weighted by molar-refractivity contribution is 7.99. The van der Waals surface area contributed by atoms with Gasteiger partial charge >= 0.3 is 5.97 Å². The minimum atomic E-state index is -0.583. The van der Waals surface area contributed by atoms with Gasteiger partial charge in [-0.3, -0.25) is 4.79 Å². The predicted molar refractivity (Wildman–Crippen MR) is 167 cm³/mol. The minimum absolute atomic E-state index is 0.0704. The molecule has 0 aliphatic heterocycles. The summed E-state index contributed by atoms with van der Waals surface area (Å²) in [6.07, 6.45) is 1.16. The van der Waals surface area contributed by atoms with Crippen LogP contribution in [-0.2, 0) is 11.3 Å². The zero-order valence-electron chi connectivity index (χ0n) is 24.6. The number of esters is 1. The van der Waals surface area contributed by atoms with Crippen LogP contribution in [-0.4, -0.2) is 61.4 Å². The molecule has 0 bridgehead atoms. The first-order chi connectivity index (χ1) is 19.8. The Hall–Kier alpha value is -3.33. The lowest BCUT2D eigenvalue weighted by Crippen LogP contribution is -2.46. The van der Waals surface area contributed by atoms with Crippen molar-refractivity contribution >= 4 is 23.6 Å². The Balaban J connectivity index is 1.75. The molecule has 0 saturated heterocycles. The van der Waals surface area contributed by atoms with E-state index in [9.17, 15) is 9.59 Å². The van der Waals surface area contributed by atoms with Crippen LogP contribution in [0.15, 0.2) is 77.7 Å². The van der Waals surface area contributed by atoms with E-state index in [0.29, 0.717) is 43.1 Å². The van der Waals surface area contributed by atoms with Crippen LogP contribution in [0.2, 0.25) is 0 Å². The van der Waals surface area contributed by atoms with Gasteiger partial charge in [-0.1, -0.05) is 44.2 Å². The number of hydrogen-bond acceptors (Lipinski definition) is 7. The molecule has 220 valence electrons. The summed E-state index contributed by atoms with van der Waals surface area (Å²) in [7, 11) is 1.64. The van der Waals surface area contributed by atoms with E-state index in [-0.39, 0.29) is 5.91 Å². The predicted octanol–water partition coefficient (Wildman–Crippen LogP) is 5.70. The summed E-state index contributed by atoms with van der Waals surface area (Å²) >= 11 is 1.62. The Labute approximate surface area is 248 Å². The average Bonchev–Trinajstić information content (AvgIpc) is 2.99. The molecule has 2 atom stereocenters. The fraction of sp³-hybridized carbons (Fsp3) is 0.394. The minimum Gasteiger partial charge on any atom is -0.497 e. The number of aryl methyl sites for hydroxylation is 1. The number of nitrogens with zero attached hydrogens (tertiary/aromatic N) is 1. The molecule has 0 aromatic heterocycles. The number of amides is 1. The smallest absolute Gasteiger partial charge is 0.338 e. The molecule has 7 nitrogen and oxygen atoms in total. The Kier molecular flexibility index (Phi) is 13.2. The summed E-state index contributed by atoms with van der Waals surface area (Å²) < 4.78 is 11.4. The zero-order chi connectivity index (χ0) is 29.6. The van der Waals surface area contributed by atoms with Crippen molar-refractivity contribution in [2.45, 2.75) is 57.2 Å². The second-order valence-corrected chi connectivity index (χ2v) is 11.2. The van der Waals surface area contributed by atoms with Crippen LogP contribution in [0.1, 0.15) is 58.5 Å². The van der Waals surface area contributed by atoms with Crippen LogP contribution in [0.3, 0.4) is 0 Å². The number of ether oxygens (including phenoxy) is 2. The highest BCUT2D eigenvalue weighted by Crippen LogP contribution is 2.20. The number of methoxy groups -OCH3 is 1. The lowest BCUT2D eigenvalue weighted by atomic mass is 10.0. The molecule has 8 heteroatoms. The third kappa shape index (κ3) is 10.2. The SMILES string of the molecule is CCCN(CCC)C(=O)c1cc(C)cc(C(=O)O[C@H](CNCc2cccc(OC)c2)[C@@H](N)CSc2ccccc2)c1. The van der Waals surface area contributed by atoms with E-state index in [0.717, 1.165) is 34.6 Å². The zero-order valence-corrected chi connectivity index (χ0v) is 25.4. The topological polar surface area (TPSA) is 93.9 Å². The van der Waals surface area contributed by atoms with E-state index in [1.54, 1.807) is 31.0 Å². The van der Waals surface area contributed by atoms with Gasteiger partial charge in [-0.25, -0.2) is 4.79 Å². The largest absolute Gasteiger partial charge is 0.497 e. The second-order valence-electron chi connectivity index (χ2n) is 10.1. The monoisotopic (exact) mass is 577 g/mol. The molecule has 0 aliphatic rings. The van der Waals surface area contributed by atoms with Gasteiger partial charge in [0, 0.05) is 42.4 Å². The number of thioether (sulfide) groups is 1. The standard InChI is InChI=1S/C33H43N3O4S/c1-5-15-36(16-6-2)32(37)26-17-24(3)18-27(20-26)33(38)40-31(30(34)23-41-29-13-8-7-9-14-29)22-35-21-25-11-10-12-28(19-25)39-4/h7-14,17-20,30-31,35H,5-6,15-16,21-23,34H2,1-4H3/t30-,31+/m0/s1. The Morgan fingerprint density at radius 1 is 0.951 bits per heavy atom. The number of nitrogens with one attached hydrogen (secondary N) is 1. The van der Waals surface area contributed by atoms with Gasteiger partial charge < -0.3 is 25.4 Å².